The second-order valence-electron chi connectivity index (χ2n) is 5.03. The summed E-state index contributed by atoms with van der Waals surface area (Å²) in [6.07, 6.45) is -1.09. The van der Waals surface area contributed by atoms with Gasteiger partial charge in [0.2, 0.25) is 0 Å². The van der Waals surface area contributed by atoms with Gasteiger partial charge in [-0.1, -0.05) is 12.1 Å². The third-order valence-corrected chi connectivity index (χ3v) is 3.92. The van der Waals surface area contributed by atoms with Crippen LogP contribution in [0.5, 0.6) is 0 Å². The molecule has 1 atom stereocenters. The van der Waals surface area contributed by atoms with Gasteiger partial charge in [0.1, 0.15) is 11.6 Å². The lowest BCUT2D eigenvalue weighted by Gasteiger charge is -2.17. The summed E-state index contributed by atoms with van der Waals surface area (Å²) in [6, 6.07) is 9.75. The fraction of sp³-hybridized carbons (Fsp3) is 0.250. The summed E-state index contributed by atoms with van der Waals surface area (Å²) >= 11 is 3.03. The van der Waals surface area contributed by atoms with Crippen LogP contribution < -0.4 is 4.90 Å². The second-order valence-corrected chi connectivity index (χ2v) is 5.89. The third kappa shape index (κ3) is 3.60. The summed E-state index contributed by atoms with van der Waals surface area (Å²) in [5, 5.41) is 10.3. The van der Waals surface area contributed by atoms with E-state index in [1.54, 1.807) is 12.1 Å². The molecular formula is C16H16BrF2NO. The van der Waals surface area contributed by atoms with Crippen molar-refractivity contribution in [3.63, 3.8) is 0 Å². The van der Waals surface area contributed by atoms with E-state index in [9.17, 15) is 13.9 Å². The minimum atomic E-state index is -0.969. The molecular weight excluding hydrogens is 340 g/mol. The molecule has 0 radical (unpaired) electrons. The van der Waals surface area contributed by atoms with Gasteiger partial charge in [-0.25, -0.2) is 8.78 Å². The van der Waals surface area contributed by atoms with E-state index >= 15 is 0 Å². The Balaban J connectivity index is 2.28. The zero-order valence-corrected chi connectivity index (χ0v) is 13.4. The average molecular weight is 356 g/mol. The molecule has 1 unspecified atom stereocenters. The van der Waals surface area contributed by atoms with Gasteiger partial charge in [0.05, 0.1) is 10.6 Å². The van der Waals surface area contributed by atoms with Gasteiger partial charge in [0, 0.05) is 31.8 Å². The smallest absolute Gasteiger partial charge is 0.143 e. The van der Waals surface area contributed by atoms with Crippen molar-refractivity contribution in [2.75, 3.05) is 19.0 Å². The second kappa shape index (κ2) is 6.54. The highest BCUT2D eigenvalue weighted by atomic mass is 79.9. The first-order chi connectivity index (χ1) is 9.90. The van der Waals surface area contributed by atoms with E-state index < -0.39 is 17.7 Å². The Morgan fingerprint density at radius 1 is 1.19 bits per heavy atom. The molecule has 0 aliphatic carbocycles. The van der Waals surface area contributed by atoms with Crippen LogP contribution in [0.3, 0.4) is 0 Å². The molecule has 0 bridgehead atoms. The lowest BCUT2D eigenvalue weighted by Crippen LogP contribution is -2.10. The minimum absolute atomic E-state index is 0.117. The zero-order chi connectivity index (χ0) is 15.6. The van der Waals surface area contributed by atoms with Gasteiger partial charge in [-0.2, -0.15) is 0 Å². The van der Waals surface area contributed by atoms with E-state index in [0.29, 0.717) is 5.56 Å². The first kappa shape index (κ1) is 15.9. The highest BCUT2D eigenvalue weighted by molar-refractivity contribution is 9.10. The van der Waals surface area contributed by atoms with E-state index in [0.717, 1.165) is 5.69 Å². The van der Waals surface area contributed by atoms with Crippen LogP contribution in [0.1, 0.15) is 17.2 Å². The third-order valence-electron chi connectivity index (χ3n) is 3.31. The van der Waals surface area contributed by atoms with E-state index in [-0.39, 0.29) is 16.5 Å². The van der Waals surface area contributed by atoms with Gasteiger partial charge >= 0.3 is 0 Å². The van der Waals surface area contributed by atoms with Crippen LogP contribution in [0.25, 0.3) is 0 Å². The van der Waals surface area contributed by atoms with E-state index in [4.69, 9.17) is 0 Å². The summed E-state index contributed by atoms with van der Waals surface area (Å²) < 4.78 is 27.9. The predicted octanol–water partition coefficient (Wildman–Crippen LogP) is 4.07. The Morgan fingerprint density at radius 2 is 1.90 bits per heavy atom. The number of aliphatic hydroxyl groups is 1. The quantitative estimate of drug-likeness (QED) is 0.835. The molecule has 0 amide bonds. The number of halogens is 3. The highest BCUT2D eigenvalue weighted by Gasteiger charge is 2.18. The summed E-state index contributed by atoms with van der Waals surface area (Å²) in [6.45, 7) is 0. The fourth-order valence-corrected chi connectivity index (χ4v) is 2.45. The average Bonchev–Trinajstić information content (AvgIpc) is 2.47. The topological polar surface area (TPSA) is 23.5 Å². The Bertz CT molecular complexity index is 646. The molecule has 0 saturated heterocycles. The summed E-state index contributed by atoms with van der Waals surface area (Å²) in [4.78, 5) is 1.90. The largest absolute Gasteiger partial charge is 0.388 e. The van der Waals surface area contributed by atoms with Crippen LogP contribution >= 0.6 is 15.9 Å². The molecule has 0 fully saturated rings. The van der Waals surface area contributed by atoms with Crippen LogP contribution in [0.4, 0.5) is 14.5 Å². The van der Waals surface area contributed by atoms with Crippen molar-refractivity contribution in [3.8, 4) is 0 Å². The van der Waals surface area contributed by atoms with Crippen molar-refractivity contribution >= 4 is 21.6 Å². The van der Waals surface area contributed by atoms with Crippen LogP contribution in [-0.4, -0.2) is 19.2 Å². The molecule has 5 heteroatoms. The van der Waals surface area contributed by atoms with Gasteiger partial charge in [0.25, 0.3) is 0 Å². The number of nitrogens with zero attached hydrogens (tertiary/aromatic N) is 1. The lowest BCUT2D eigenvalue weighted by atomic mass is 10.00. The van der Waals surface area contributed by atoms with Gasteiger partial charge in [-0.3, -0.25) is 0 Å². The van der Waals surface area contributed by atoms with Crippen molar-refractivity contribution < 1.29 is 13.9 Å². The molecule has 1 N–H and O–H groups in total. The van der Waals surface area contributed by atoms with Gasteiger partial charge < -0.3 is 10.0 Å². The first-order valence-corrected chi connectivity index (χ1v) is 7.27. The molecule has 0 aromatic heterocycles. The molecule has 0 aliphatic heterocycles. The molecule has 2 nitrogen and oxygen atoms in total. The Hall–Kier alpha value is -1.46. The maximum absolute atomic E-state index is 13.9. The molecule has 0 heterocycles. The van der Waals surface area contributed by atoms with Gasteiger partial charge in [-0.05, 0) is 45.8 Å². The number of anilines is 1. The van der Waals surface area contributed by atoms with E-state index in [1.807, 2.05) is 31.1 Å². The minimum Gasteiger partial charge on any atom is -0.388 e. The Kier molecular flexibility index (Phi) is 4.96. The van der Waals surface area contributed by atoms with Gasteiger partial charge in [0.15, 0.2) is 0 Å². The van der Waals surface area contributed by atoms with Gasteiger partial charge in [-0.15, -0.1) is 0 Å². The molecule has 0 spiro atoms. The van der Waals surface area contributed by atoms with Crippen molar-refractivity contribution in [3.05, 3.63) is 63.6 Å². The maximum atomic E-state index is 13.9. The normalized spacial score (nSPS) is 12.3. The zero-order valence-electron chi connectivity index (χ0n) is 11.8. The molecule has 21 heavy (non-hydrogen) atoms. The Morgan fingerprint density at radius 3 is 2.57 bits per heavy atom. The molecule has 2 aromatic rings. The Labute approximate surface area is 131 Å². The SMILES string of the molecule is CN(C)c1cccc(C(O)Cc2c(F)ccc(Br)c2F)c1. The van der Waals surface area contributed by atoms with Crippen LogP contribution in [0.15, 0.2) is 40.9 Å². The molecule has 0 aliphatic rings. The summed E-state index contributed by atoms with van der Waals surface area (Å²) in [7, 11) is 3.78. The fourth-order valence-electron chi connectivity index (χ4n) is 2.08. The number of hydrogen-bond acceptors (Lipinski definition) is 2. The number of benzene rings is 2. The highest BCUT2D eigenvalue weighted by Crippen LogP contribution is 2.27. The van der Waals surface area contributed by atoms with Crippen molar-refractivity contribution in [2.24, 2.45) is 0 Å². The van der Waals surface area contributed by atoms with Crippen molar-refractivity contribution in [1.29, 1.82) is 0 Å². The molecule has 2 rings (SSSR count). The van der Waals surface area contributed by atoms with Crippen molar-refractivity contribution in [2.45, 2.75) is 12.5 Å². The van der Waals surface area contributed by atoms with Crippen molar-refractivity contribution in [1.82, 2.24) is 0 Å². The van der Waals surface area contributed by atoms with E-state index in [2.05, 4.69) is 15.9 Å². The number of hydrogen-bond donors (Lipinski definition) is 1. The van der Waals surface area contributed by atoms with Crippen LogP contribution in [-0.2, 0) is 6.42 Å². The first-order valence-electron chi connectivity index (χ1n) is 6.48. The standard InChI is InChI=1S/C16H16BrF2NO/c1-20(2)11-5-3-4-10(8-11)15(21)9-12-14(18)7-6-13(17)16(12)19/h3-8,15,21H,9H2,1-2H3. The predicted molar refractivity (Wildman–Crippen MR) is 83.5 cm³/mol. The summed E-state index contributed by atoms with van der Waals surface area (Å²) in [5.41, 5.74) is 1.42. The summed E-state index contributed by atoms with van der Waals surface area (Å²) in [5.74, 6) is -1.32. The van der Waals surface area contributed by atoms with E-state index in [1.165, 1.54) is 12.1 Å². The molecule has 2 aromatic carbocycles. The monoisotopic (exact) mass is 355 g/mol. The van der Waals surface area contributed by atoms with Crippen LogP contribution in [0, 0.1) is 11.6 Å². The molecule has 0 saturated carbocycles. The number of rotatable bonds is 4. The molecule has 112 valence electrons. The maximum Gasteiger partial charge on any atom is 0.143 e. The van der Waals surface area contributed by atoms with Crippen LogP contribution in [0.2, 0.25) is 0 Å². The lowest BCUT2D eigenvalue weighted by molar-refractivity contribution is 0.175. The number of aliphatic hydroxyl groups excluding tert-OH is 1.